The minimum absolute atomic E-state index is 0.134. The molecule has 0 heterocycles. The molecule has 18 heavy (non-hydrogen) atoms. The smallest absolute Gasteiger partial charge is 0.407 e. The molecule has 0 unspecified atom stereocenters. The molecule has 0 aliphatic heterocycles. The van der Waals surface area contributed by atoms with Crippen LogP contribution in [-0.4, -0.2) is 25.4 Å². The standard InChI is InChI=1S/C12H15F2NO3/c1-9(7-17-11(13)14)15-12(16)18-8-10-5-3-2-4-6-10/h2-6,9,11H,7-8H2,1H3,(H,15,16)/t9-/m0/s1. The van der Waals surface area contributed by atoms with Crippen LogP contribution in [0, 0.1) is 0 Å². The highest BCUT2D eigenvalue weighted by Crippen LogP contribution is 2.01. The van der Waals surface area contributed by atoms with E-state index in [0.29, 0.717) is 0 Å². The Morgan fingerprint density at radius 2 is 2.00 bits per heavy atom. The van der Waals surface area contributed by atoms with E-state index in [4.69, 9.17) is 4.74 Å². The van der Waals surface area contributed by atoms with Gasteiger partial charge in [-0.05, 0) is 12.5 Å². The molecular formula is C12H15F2NO3. The van der Waals surface area contributed by atoms with Crippen molar-refractivity contribution in [3.8, 4) is 0 Å². The fourth-order valence-electron chi connectivity index (χ4n) is 1.22. The van der Waals surface area contributed by atoms with Gasteiger partial charge in [0.15, 0.2) is 0 Å². The molecule has 1 N–H and O–H groups in total. The van der Waals surface area contributed by atoms with Crippen molar-refractivity contribution < 1.29 is 23.0 Å². The third-order valence-electron chi connectivity index (χ3n) is 2.05. The van der Waals surface area contributed by atoms with Gasteiger partial charge in [-0.3, -0.25) is 0 Å². The third-order valence-corrected chi connectivity index (χ3v) is 2.05. The molecule has 0 aliphatic rings. The lowest BCUT2D eigenvalue weighted by molar-refractivity contribution is -0.132. The van der Waals surface area contributed by atoms with Gasteiger partial charge in [0.1, 0.15) is 6.61 Å². The molecule has 1 amide bonds. The van der Waals surface area contributed by atoms with Gasteiger partial charge in [-0.2, -0.15) is 8.78 Å². The summed E-state index contributed by atoms with van der Waals surface area (Å²) in [7, 11) is 0. The van der Waals surface area contributed by atoms with Crippen LogP contribution in [0.4, 0.5) is 13.6 Å². The number of carbonyl (C=O) groups is 1. The fourth-order valence-corrected chi connectivity index (χ4v) is 1.22. The molecule has 1 aromatic rings. The summed E-state index contributed by atoms with van der Waals surface area (Å²) in [5.74, 6) is 0. The SMILES string of the molecule is C[C@@H](COC(F)F)NC(=O)OCc1ccccc1. The van der Waals surface area contributed by atoms with Crippen molar-refractivity contribution in [1.29, 1.82) is 0 Å². The number of hydrogen-bond acceptors (Lipinski definition) is 3. The van der Waals surface area contributed by atoms with Crippen LogP contribution in [0.3, 0.4) is 0 Å². The van der Waals surface area contributed by atoms with E-state index in [0.717, 1.165) is 5.56 Å². The van der Waals surface area contributed by atoms with Crippen LogP contribution < -0.4 is 5.32 Å². The van der Waals surface area contributed by atoms with Gasteiger partial charge in [0.2, 0.25) is 0 Å². The highest BCUT2D eigenvalue weighted by Gasteiger charge is 2.11. The number of benzene rings is 1. The molecule has 0 saturated carbocycles. The van der Waals surface area contributed by atoms with Crippen molar-refractivity contribution in [1.82, 2.24) is 5.32 Å². The summed E-state index contributed by atoms with van der Waals surface area (Å²) in [4.78, 5) is 11.3. The maximum atomic E-state index is 11.7. The second-order valence-electron chi connectivity index (χ2n) is 3.70. The Hall–Kier alpha value is -1.69. The fraction of sp³-hybridized carbons (Fsp3) is 0.417. The van der Waals surface area contributed by atoms with Gasteiger partial charge in [0, 0.05) is 0 Å². The number of nitrogens with one attached hydrogen (secondary N) is 1. The van der Waals surface area contributed by atoms with Crippen LogP contribution in [0.2, 0.25) is 0 Å². The van der Waals surface area contributed by atoms with Crippen molar-refractivity contribution >= 4 is 6.09 Å². The van der Waals surface area contributed by atoms with Crippen molar-refractivity contribution in [2.24, 2.45) is 0 Å². The maximum Gasteiger partial charge on any atom is 0.407 e. The van der Waals surface area contributed by atoms with E-state index < -0.39 is 18.7 Å². The Balaban J connectivity index is 2.21. The van der Waals surface area contributed by atoms with Crippen molar-refractivity contribution in [2.75, 3.05) is 6.61 Å². The van der Waals surface area contributed by atoms with Crippen LogP contribution >= 0.6 is 0 Å². The van der Waals surface area contributed by atoms with Gasteiger partial charge in [-0.1, -0.05) is 30.3 Å². The highest BCUT2D eigenvalue weighted by molar-refractivity contribution is 5.67. The first-order valence-corrected chi connectivity index (χ1v) is 5.45. The summed E-state index contributed by atoms with van der Waals surface area (Å²) in [6.07, 6.45) is -0.663. The first-order chi connectivity index (χ1) is 8.58. The average molecular weight is 259 g/mol. The van der Waals surface area contributed by atoms with Crippen molar-refractivity contribution in [3.05, 3.63) is 35.9 Å². The van der Waals surface area contributed by atoms with Gasteiger partial charge < -0.3 is 14.8 Å². The number of hydrogen-bond donors (Lipinski definition) is 1. The molecule has 0 bridgehead atoms. The lowest BCUT2D eigenvalue weighted by atomic mass is 10.2. The minimum atomic E-state index is -2.84. The molecule has 0 aromatic heterocycles. The molecule has 6 heteroatoms. The van der Waals surface area contributed by atoms with E-state index in [9.17, 15) is 13.6 Å². The first kappa shape index (κ1) is 14.4. The zero-order chi connectivity index (χ0) is 13.4. The zero-order valence-corrected chi connectivity index (χ0v) is 9.94. The predicted molar refractivity (Wildman–Crippen MR) is 61.2 cm³/mol. The molecule has 0 radical (unpaired) electrons. The Morgan fingerprint density at radius 1 is 1.33 bits per heavy atom. The Morgan fingerprint density at radius 3 is 2.61 bits per heavy atom. The number of rotatable bonds is 6. The summed E-state index contributed by atoms with van der Waals surface area (Å²) in [6, 6.07) is 8.61. The van der Waals surface area contributed by atoms with E-state index in [1.54, 1.807) is 6.92 Å². The minimum Gasteiger partial charge on any atom is -0.445 e. The van der Waals surface area contributed by atoms with Crippen LogP contribution in [0.15, 0.2) is 30.3 Å². The molecule has 1 atom stereocenters. The number of carbonyl (C=O) groups excluding carboxylic acids is 1. The average Bonchev–Trinajstić information content (AvgIpc) is 2.35. The Labute approximate surface area is 104 Å². The van der Waals surface area contributed by atoms with Crippen molar-refractivity contribution in [3.63, 3.8) is 0 Å². The summed E-state index contributed by atoms with van der Waals surface area (Å²) in [6.45, 7) is -1.42. The van der Waals surface area contributed by atoms with Crippen LogP contribution in [0.25, 0.3) is 0 Å². The van der Waals surface area contributed by atoms with E-state index >= 15 is 0 Å². The van der Waals surface area contributed by atoms with E-state index in [1.165, 1.54) is 0 Å². The van der Waals surface area contributed by atoms with Crippen LogP contribution in [-0.2, 0) is 16.1 Å². The van der Waals surface area contributed by atoms with E-state index in [1.807, 2.05) is 30.3 Å². The molecule has 0 spiro atoms. The van der Waals surface area contributed by atoms with Crippen LogP contribution in [0.5, 0.6) is 0 Å². The number of alkyl carbamates (subject to hydrolysis) is 1. The number of amides is 1. The molecular weight excluding hydrogens is 244 g/mol. The maximum absolute atomic E-state index is 11.7. The van der Waals surface area contributed by atoms with E-state index in [2.05, 4.69) is 10.1 Å². The summed E-state index contributed by atoms with van der Waals surface area (Å²) < 4.78 is 32.4. The lowest BCUT2D eigenvalue weighted by Crippen LogP contribution is -2.36. The first-order valence-electron chi connectivity index (χ1n) is 5.45. The second kappa shape index (κ2) is 7.60. The Bertz CT molecular complexity index is 360. The topological polar surface area (TPSA) is 47.6 Å². The van der Waals surface area contributed by atoms with Crippen molar-refractivity contribution in [2.45, 2.75) is 26.2 Å². The monoisotopic (exact) mass is 259 g/mol. The Kier molecular flexibility index (Phi) is 6.07. The van der Waals surface area contributed by atoms with Gasteiger partial charge in [0.05, 0.1) is 12.6 Å². The van der Waals surface area contributed by atoms with Gasteiger partial charge >= 0.3 is 12.7 Å². The van der Waals surface area contributed by atoms with E-state index in [-0.39, 0.29) is 13.2 Å². The van der Waals surface area contributed by atoms with Gasteiger partial charge in [-0.15, -0.1) is 0 Å². The number of halogens is 2. The number of alkyl halides is 2. The molecule has 0 fully saturated rings. The molecule has 0 saturated heterocycles. The molecule has 1 aromatic carbocycles. The largest absolute Gasteiger partial charge is 0.445 e. The molecule has 0 aliphatic carbocycles. The molecule has 1 rings (SSSR count). The molecule has 100 valence electrons. The lowest BCUT2D eigenvalue weighted by Gasteiger charge is -2.13. The zero-order valence-electron chi connectivity index (χ0n) is 9.94. The third kappa shape index (κ3) is 6.15. The van der Waals surface area contributed by atoms with Gasteiger partial charge in [0.25, 0.3) is 0 Å². The molecule has 4 nitrogen and oxygen atoms in total. The second-order valence-corrected chi connectivity index (χ2v) is 3.70. The summed E-state index contributed by atoms with van der Waals surface area (Å²) in [5, 5.41) is 2.39. The van der Waals surface area contributed by atoms with Gasteiger partial charge in [-0.25, -0.2) is 4.79 Å². The summed E-state index contributed by atoms with van der Waals surface area (Å²) >= 11 is 0. The highest BCUT2D eigenvalue weighted by atomic mass is 19.3. The normalized spacial score (nSPS) is 12.2. The predicted octanol–water partition coefficient (Wildman–Crippen LogP) is 2.54. The quantitative estimate of drug-likeness (QED) is 0.854. The van der Waals surface area contributed by atoms with Crippen LogP contribution in [0.1, 0.15) is 12.5 Å². The number of ether oxygens (including phenoxy) is 2. The summed E-state index contributed by atoms with van der Waals surface area (Å²) in [5.41, 5.74) is 0.851.